The minimum atomic E-state index is 0.701. The van der Waals surface area contributed by atoms with Crippen LogP contribution in [0.4, 0.5) is 0 Å². The quantitative estimate of drug-likeness (QED) is 0.658. The molecule has 0 heteroatoms. The summed E-state index contributed by atoms with van der Waals surface area (Å²) in [6.45, 7) is 9.94. The van der Waals surface area contributed by atoms with Gasteiger partial charge < -0.3 is 0 Å². The van der Waals surface area contributed by atoms with Crippen LogP contribution in [0.3, 0.4) is 0 Å². The second kappa shape index (κ2) is 3.55. The van der Waals surface area contributed by atoms with Crippen LogP contribution in [0.1, 0.15) is 59.8 Å². The molecule has 8 unspecified atom stereocenters. The molecule has 18 heavy (non-hydrogen) atoms. The second-order valence-corrected chi connectivity index (χ2v) is 8.87. The summed E-state index contributed by atoms with van der Waals surface area (Å²) in [5.74, 6) is 9.02. The number of fused-ring (bicyclic) bond motifs is 2. The van der Waals surface area contributed by atoms with E-state index in [9.17, 15) is 0 Å². The minimum absolute atomic E-state index is 0.701. The Morgan fingerprint density at radius 2 is 1.72 bits per heavy atom. The average molecular weight is 246 g/mol. The first kappa shape index (κ1) is 11.8. The summed E-state index contributed by atoms with van der Waals surface area (Å²) in [5.41, 5.74) is 0.701. The highest BCUT2D eigenvalue weighted by Crippen LogP contribution is 2.70. The third-order valence-corrected chi connectivity index (χ3v) is 7.95. The van der Waals surface area contributed by atoms with Crippen LogP contribution in [0.15, 0.2) is 0 Å². The van der Waals surface area contributed by atoms with Crippen LogP contribution in [-0.2, 0) is 0 Å². The van der Waals surface area contributed by atoms with E-state index in [2.05, 4.69) is 27.7 Å². The third-order valence-electron chi connectivity index (χ3n) is 7.95. The normalized spacial score (nSPS) is 57.0. The molecule has 4 saturated carbocycles. The van der Waals surface area contributed by atoms with Crippen LogP contribution in [0.2, 0.25) is 0 Å². The molecule has 0 nitrogen and oxygen atoms in total. The maximum absolute atomic E-state index is 2.50. The molecule has 0 aromatic rings. The number of rotatable bonds is 3. The predicted octanol–water partition coefficient (Wildman–Crippen LogP) is 4.99. The lowest BCUT2D eigenvalue weighted by Gasteiger charge is -2.69. The van der Waals surface area contributed by atoms with Crippen molar-refractivity contribution in [3.8, 4) is 0 Å². The topological polar surface area (TPSA) is 0 Å². The number of hydrogen-bond donors (Lipinski definition) is 0. The zero-order valence-corrected chi connectivity index (χ0v) is 12.7. The van der Waals surface area contributed by atoms with Crippen molar-refractivity contribution in [2.45, 2.75) is 59.8 Å². The zero-order valence-electron chi connectivity index (χ0n) is 12.7. The van der Waals surface area contributed by atoms with Gasteiger partial charge >= 0.3 is 0 Å². The summed E-state index contributed by atoms with van der Waals surface area (Å²) >= 11 is 0. The van der Waals surface area contributed by atoms with Crippen molar-refractivity contribution in [1.29, 1.82) is 0 Å². The molecule has 0 aliphatic heterocycles. The van der Waals surface area contributed by atoms with Crippen LogP contribution in [-0.4, -0.2) is 0 Å². The first-order chi connectivity index (χ1) is 8.53. The Morgan fingerprint density at radius 3 is 2.11 bits per heavy atom. The summed E-state index contributed by atoms with van der Waals surface area (Å²) in [4.78, 5) is 0. The Hall–Kier alpha value is 0. The maximum atomic E-state index is 2.50. The fourth-order valence-corrected chi connectivity index (χ4v) is 6.64. The molecule has 0 saturated heterocycles. The van der Waals surface area contributed by atoms with Gasteiger partial charge in [-0.25, -0.2) is 0 Å². The Labute approximate surface area is 113 Å². The van der Waals surface area contributed by atoms with Gasteiger partial charge in [-0.15, -0.1) is 0 Å². The summed E-state index contributed by atoms with van der Waals surface area (Å²) < 4.78 is 0. The fourth-order valence-electron chi connectivity index (χ4n) is 6.64. The Kier molecular flexibility index (Phi) is 2.33. The lowest BCUT2D eigenvalue weighted by atomic mass is 9.36. The first-order valence-electron chi connectivity index (χ1n) is 8.53. The van der Waals surface area contributed by atoms with Crippen molar-refractivity contribution < 1.29 is 0 Å². The Balaban J connectivity index is 1.40. The summed E-state index contributed by atoms with van der Waals surface area (Å²) in [7, 11) is 0. The van der Waals surface area contributed by atoms with Gasteiger partial charge in [0.25, 0.3) is 0 Å². The SMILES string of the molecule is CCC(C1CC2C(C)CC21)C1CC2C1CC2(C)C. The molecule has 0 aromatic heterocycles. The van der Waals surface area contributed by atoms with Crippen LogP contribution < -0.4 is 0 Å². The van der Waals surface area contributed by atoms with E-state index in [1.807, 2.05) is 0 Å². The molecule has 8 atom stereocenters. The van der Waals surface area contributed by atoms with Gasteiger partial charge in [0.05, 0.1) is 0 Å². The molecule has 0 spiro atoms. The van der Waals surface area contributed by atoms with E-state index < -0.39 is 0 Å². The van der Waals surface area contributed by atoms with E-state index in [0.29, 0.717) is 5.41 Å². The minimum Gasteiger partial charge on any atom is -0.0651 e. The summed E-state index contributed by atoms with van der Waals surface area (Å²) in [6, 6.07) is 0. The van der Waals surface area contributed by atoms with Crippen molar-refractivity contribution in [3.05, 3.63) is 0 Å². The molecule has 0 heterocycles. The third kappa shape index (κ3) is 1.28. The number of hydrogen-bond acceptors (Lipinski definition) is 0. The van der Waals surface area contributed by atoms with Crippen molar-refractivity contribution in [1.82, 2.24) is 0 Å². The molecule has 0 aromatic carbocycles. The van der Waals surface area contributed by atoms with Crippen molar-refractivity contribution in [2.24, 2.45) is 52.8 Å². The zero-order chi connectivity index (χ0) is 12.7. The lowest BCUT2D eigenvalue weighted by molar-refractivity contribution is -0.198. The van der Waals surface area contributed by atoms with Crippen LogP contribution in [0, 0.1) is 52.8 Å². The van der Waals surface area contributed by atoms with E-state index in [0.717, 1.165) is 47.3 Å². The van der Waals surface area contributed by atoms with Crippen molar-refractivity contribution >= 4 is 0 Å². The molecular formula is C18H30. The van der Waals surface area contributed by atoms with Gasteiger partial charge in [-0.1, -0.05) is 34.1 Å². The highest BCUT2D eigenvalue weighted by atomic mass is 14.7. The van der Waals surface area contributed by atoms with Crippen LogP contribution in [0.5, 0.6) is 0 Å². The molecule has 0 bridgehead atoms. The molecule has 4 fully saturated rings. The summed E-state index contributed by atoms with van der Waals surface area (Å²) in [6.07, 6.45) is 7.76. The van der Waals surface area contributed by atoms with Gasteiger partial charge in [-0.2, -0.15) is 0 Å². The van der Waals surface area contributed by atoms with Gasteiger partial charge in [0.15, 0.2) is 0 Å². The van der Waals surface area contributed by atoms with Gasteiger partial charge in [0.1, 0.15) is 0 Å². The van der Waals surface area contributed by atoms with E-state index in [4.69, 9.17) is 0 Å². The van der Waals surface area contributed by atoms with Crippen LogP contribution >= 0.6 is 0 Å². The summed E-state index contributed by atoms with van der Waals surface area (Å²) in [5, 5.41) is 0. The molecule has 4 aliphatic rings. The highest BCUT2D eigenvalue weighted by molar-refractivity contribution is 5.11. The standard InChI is InChI=1S/C18H30/c1-5-11(14-7-12-10(2)6-13(12)14)15-8-17-16(15)9-18(17,3)4/h10-17H,5-9H2,1-4H3. The van der Waals surface area contributed by atoms with Crippen molar-refractivity contribution in [3.63, 3.8) is 0 Å². The van der Waals surface area contributed by atoms with E-state index in [-0.39, 0.29) is 0 Å². The molecule has 4 rings (SSSR count). The molecular weight excluding hydrogens is 216 g/mol. The highest BCUT2D eigenvalue weighted by Gasteiger charge is 2.62. The van der Waals surface area contributed by atoms with Gasteiger partial charge in [-0.3, -0.25) is 0 Å². The van der Waals surface area contributed by atoms with Crippen LogP contribution in [0.25, 0.3) is 0 Å². The van der Waals surface area contributed by atoms with Gasteiger partial charge in [0.2, 0.25) is 0 Å². The molecule has 0 N–H and O–H groups in total. The Morgan fingerprint density at radius 1 is 1.00 bits per heavy atom. The monoisotopic (exact) mass is 246 g/mol. The maximum Gasteiger partial charge on any atom is -0.0320 e. The molecule has 4 aliphatic carbocycles. The second-order valence-electron chi connectivity index (χ2n) is 8.87. The average Bonchev–Trinajstić information content (AvgIpc) is 2.29. The molecule has 0 radical (unpaired) electrons. The van der Waals surface area contributed by atoms with Gasteiger partial charge in [0, 0.05) is 0 Å². The van der Waals surface area contributed by atoms with Crippen molar-refractivity contribution in [2.75, 3.05) is 0 Å². The van der Waals surface area contributed by atoms with Gasteiger partial charge in [-0.05, 0) is 78.4 Å². The molecule has 102 valence electrons. The largest absolute Gasteiger partial charge is 0.0651 e. The van der Waals surface area contributed by atoms with E-state index >= 15 is 0 Å². The first-order valence-corrected chi connectivity index (χ1v) is 8.53. The van der Waals surface area contributed by atoms with E-state index in [1.165, 1.54) is 12.8 Å². The fraction of sp³-hybridized carbons (Fsp3) is 1.00. The molecule has 0 amide bonds. The predicted molar refractivity (Wildman–Crippen MR) is 76.1 cm³/mol. The smallest absolute Gasteiger partial charge is 0.0320 e. The Bertz CT molecular complexity index is 355. The van der Waals surface area contributed by atoms with E-state index in [1.54, 1.807) is 19.3 Å². The lowest BCUT2D eigenvalue weighted by Crippen LogP contribution is -2.61.